The molecule has 4 aromatic rings. The van der Waals surface area contributed by atoms with Crippen LogP contribution in [0.4, 0.5) is 57.1 Å². The topological polar surface area (TPSA) is 27.7 Å². The van der Waals surface area contributed by atoms with E-state index in [0.717, 1.165) is 74.8 Å². The zero-order valence-corrected chi connectivity index (χ0v) is 34.6. The van der Waals surface area contributed by atoms with Crippen molar-refractivity contribution in [2.45, 2.75) is 134 Å². The predicted molar refractivity (Wildman–Crippen MR) is 210 cm³/mol. The van der Waals surface area contributed by atoms with E-state index < -0.39 is 76.1 Å². The number of ether oxygens (including phenoxy) is 3. The van der Waals surface area contributed by atoms with E-state index in [1.165, 1.54) is 49.9 Å². The van der Waals surface area contributed by atoms with Gasteiger partial charge >= 0.3 is 24.8 Å². The highest BCUT2D eigenvalue weighted by Gasteiger charge is 2.39. The number of halogens is 13. The average Bonchev–Trinajstić information content (AvgIpc) is 3.22. The summed E-state index contributed by atoms with van der Waals surface area (Å²) in [6.45, 7) is 4.34. The third-order valence-corrected chi connectivity index (χ3v) is 11.9. The van der Waals surface area contributed by atoms with Crippen molar-refractivity contribution in [2.75, 3.05) is 0 Å². The van der Waals surface area contributed by atoms with Crippen molar-refractivity contribution in [3.05, 3.63) is 124 Å². The highest BCUT2D eigenvalue weighted by atomic mass is 19.4. The van der Waals surface area contributed by atoms with E-state index in [1.54, 1.807) is 24.3 Å². The molecule has 0 radical (unpaired) electrons. The Morgan fingerprint density at radius 1 is 0.492 bits per heavy atom. The SMILES string of the molecule is CCC1CCC(c2ccc(C(F)(F)Oc3cc(F)c(OC(F)(F)F)c(F)c3)cc2)CC1.CCCCCC1CCC(c2ccc(C(F)(F)Oc3ccc(C(F)(F)F)c(F)c3)cc2)CC1. The monoisotopic (exact) mass is 908 g/mol. The van der Waals surface area contributed by atoms with E-state index in [1.807, 2.05) is 0 Å². The molecule has 0 unspecified atom stereocenters. The summed E-state index contributed by atoms with van der Waals surface area (Å²) in [5.41, 5.74) is -0.584. The molecule has 0 atom stereocenters. The van der Waals surface area contributed by atoms with Gasteiger partial charge < -0.3 is 14.2 Å². The Kier molecular flexibility index (Phi) is 16.4. The Balaban J connectivity index is 0.000000238. The second kappa shape index (κ2) is 20.9. The predicted octanol–water partition coefficient (Wildman–Crippen LogP) is 16.5. The van der Waals surface area contributed by atoms with Gasteiger partial charge in [-0.25, -0.2) is 13.2 Å². The number of unbranched alkanes of at least 4 members (excludes halogenated alkanes) is 2. The molecule has 2 saturated carbocycles. The van der Waals surface area contributed by atoms with Crippen molar-refractivity contribution in [3.8, 4) is 17.2 Å². The van der Waals surface area contributed by atoms with Crippen LogP contribution >= 0.6 is 0 Å². The van der Waals surface area contributed by atoms with Gasteiger partial charge in [-0.1, -0.05) is 70.2 Å². The molecule has 3 nitrogen and oxygen atoms in total. The Bertz CT molecular complexity index is 2030. The zero-order valence-electron chi connectivity index (χ0n) is 34.6. The number of hydrogen-bond acceptors (Lipinski definition) is 3. The molecule has 0 aliphatic heterocycles. The van der Waals surface area contributed by atoms with Crippen molar-refractivity contribution >= 4 is 0 Å². The molecule has 0 N–H and O–H groups in total. The van der Waals surface area contributed by atoms with Crippen LogP contribution in [0, 0.1) is 29.3 Å². The first kappa shape index (κ1) is 49.4. The number of rotatable bonds is 14. The molecular weight excluding hydrogens is 859 g/mol. The fraction of sp³-hybridized carbons (Fsp3) is 0.489. The quantitative estimate of drug-likeness (QED) is 0.0932. The molecule has 16 heteroatoms. The number of benzene rings is 4. The van der Waals surface area contributed by atoms with E-state index in [-0.39, 0.29) is 18.1 Å². The van der Waals surface area contributed by atoms with Crippen LogP contribution < -0.4 is 14.2 Å². The van der Waals surface area contributed by atoms with Crippen LogP contribution in [0.1, 0.15) is 137 Å². The molecule has 0 saturated heterocycles. The minimum absolute atomic E-state index is 0.207. The molecule has 6 rings (SSSR count). The molecule has 4 aromatic carbocycles. The summed E-state index contributed by atoms with van der Waals surface area (Å²) < 4.78 is 186. The maximum atomic E-state index is 14.5. The van der Waals surface area contributed by atoms with E-state index >= 15 is 0 Å². The van der Waals surface area contributed by atoms with Gasteiger partial charge in [0.25, 0.3) is 0 Å². The van der Waals surface area contributed by atoms with Crippen molar-refractivity contribution in [1.29, 1.82) is 0 Å². The lowest BCUT2D eigenvalue weighted by Gasteiger charge is -2.29. The summed E-state index contributed by atoms with van der Waals surface area (Å²) in [6.07, 6.45) is -3.38. The molecule has 2 fully saturated rings. The molecule has 2 aliphatic rings. The average molecular weight is 909 g/mol. The molecule has 0 amide bonds. The first-order valence-corrected chi connectivity index (χ1v) is 21.0. The standard InChI is InChI=1S/C25H28F6O.C22H21F7O2/c1-2-3-4-5-17-6-8-18(9-7-17)19-10-12-20(13-11-19)25(30,31)32-21-14-15-22(23(26)16-21)24(27,28)29;1-2-13-3-5-14(6-4-13)15-7-9-16(10-8-15)21(25,26)30-17-11-18(23)20(19(24)12-17)31-22(27,28)29/h10-18H,2-9H2,1H3;7-14H,2-6H2,1H3. The van der Waals surface area contributed by atoms with Crippen LogP contribution in [0.5, 0.6) is 17.2 Å². The third kappa shape index (κ3) is 13.9. The smallest absolute Gasteiger partial charge is 0.429 e. The number of alkyl halides is 10. The van der Waals surface area contributed by atoms with E-state index in [0.29, 0.717) is 30.0 Å². The minimum atomic E-state index is -5.34. The van der Waals surface area contributed by atoms with E-state index in [2.05, 4.69) is 28.1 Å². The summed E-state index contributed by atoms with van der Waals surface area (Å²) in [7, 11) is 0. The largest absolute Gasteiger partial charge is 0.573 e. The van der Waals surface area contributed by atoms with Gasteiger partial charge in [0.05, 0.1) is 16.7 Å². The second-order valence-electron chi connectivity index (χ2n) is 16.2. The van der Waals surface area contributed by atoms with Gasteiger partial charge in [0, 0.05) is 18.2 Å². The lowest BCUT2D eigenvalue weighted by molar-refractivity contribution is -0.276. The maximum absolute atomic E-state index is 14.5. The van der Waals surface area contributed by atoms with Crippen LogP contribution in [0.15, 0.2) is 78.9 Å². The summed E-state index contributed by atoms with van der Waals surface area (Å²) in [6, 6.07) is 13.2. The van der Waals surface area contributed by atoms with Gasteiger partial charge in [-0.2, -0.15) is 30.7 Å². The maximum Gasteiger partial charge on any atom is 0.573 e. The van der Waals surface area contributed by atoms with Gasteiger partial charge in [0.1, 0.15) is 17.3 Å². The molecule has 2 aliphatic carbocycles. The zero-order chi connectivity index (χ0) is 46.2. The first-order chi connectivity index (χ1) is 29.6. The summed E-state index contributed by atoms with van der Waals surface area (Å²) in [5, 5.41) is 0. The van der Waals surface area contributed by atoms with Crippen molar-refractivity contribution in [2.24, 2.45) is 11.8 Å². The molecule has 63 heavy (non-hydrogen) atoms. The van der Waals surface area contributed by atoms with Crippen LogP contribution in [-0.2, 0) is 18.4 Å². The fourth-order valence-corrected chi connectivity index (χ4v) is 8.28. The van der Waals surface area contributed by atoms with Crippen molar-refractivity contribution in [1.82, 2.24) is 0 Å². The van der Waals surface area contributed by atoms with Gasteiger partial charge in [-0.05, 0) is 123 Å². The van der Waals surface area contributed by atoms with Crippen LogP contribution in [0.25, 0.3) is 0 Å². The van der Waals surface area contributed by atoms with Crippen molar-refractivity contribution in [3.63, 3.8) is 0 Å². The fourth-order valence-electron chi connectivity index (χ4n) is 8.28. The first-order valence-electron chi connectivity index (χ1n) is 21.0. The van der Waals surface area contributed by atoms with Crippen LogP contribution in [0.2, 0.25) is 0 Å². The second-order valence-corrected chi connectivity index (χ2v) is 16.2. The Hall–Kier alpha value is -4.63. The highest BCUT2D eigenvalue weighted by Crippen LogP contribution is 2.42. The summed E-state index contributed by atoms with van der Waals surface area (Å²) >= 11 is 0. The van der Waals surface area contributed by atoms with Gasteiger partial charge in [-0.15, -0.1) is 13.2 Å². The lowest BCUT2D eigenvalue weighted by atomic mass is 9.77. The van der Waals surface area contributed by atoms with E-state index in [9.17, 15) is 57.1 Å². The van der Waals surface area contributed by atoms with E-state index in [4.69, 9.17) is 0 Å². The molecular formula is C47H49F13O3. The highest BCUT2D eigenvalue weighted by molar-refractivity contribution is 5.37. The Morgan fingerprint density at radius 2 is 0.937 bits per heavy atom. The Morgan fingerprint density at radius 3 is 1.35 bits per heavy atom. The molecule has 0 bridgehead atoms. The minimum Gasteiger partial charge on any atom is -0.429 e. The molecule has 346 valence electrons. The molecule has 0 heterocycles. The number of hydrogen-bond donors (Lipinski definition) is 0. The van der Waals surface area contributed by atoms with Gasteiger partial charge in [0.15, 0.2) is 11.6 Å². The summed E-state index contributed by atoms with van der Waals surface area (Å²) in [5.74, 6) is -6.62. The van der Waals surface area contributed by atoms with Crippen LogP contribution in [-0.4, -0.2) is 6.36 Å². The van der Waals surface area contributed by atoms with Crippen molar-refractivity contribution < 1.29 is 71.3 Å². The molecule has 0 aromatic heterocycles. The summed E-state index contributed by atoms with van der Waals surface area (Å²) in [4.78, 5) is 0. The molecule has 0 spiro atoms. The van der Waals surface area contributed by atoms with Gasteiger partial charge in [0.2, 0.25) is 5.75 Å². The lowest BCUT2D eigenvalue weighted by Crippen LogP contribution is -2.23. The Labute approximate surface area is 357 Å². The third-order valence-electron chi connectivity index (χ3n) is 11.9. The van der Waals surface area contributed by atoms with Gasteiger partial charge in [-0.3, -0.25) is 0 Å². The van der Waals surface area contributed by atoms with Crippen LogP contribution in [0.3, 0.4) is 0 Å². The normalized spacial score (nSPS) is 19.8.